The topological polar surface area (TPSA) is 92.6 Å². The van der Waals surface area contributed by atoms with Crippen molar-refractivity contribution < 1.29 is 14.5 Å². The van der Waals surface area contributed by atoms with Crippen LogP contribution in [0.3, 0.4) is 0 Å². The van der Waals surface area contributed by atoms with Crippen LogP contribution in [0, 0.1) is 10.1 Å². The molecule has 3 rings (SSSR count). The maximum atomic E-state index is 12.8. The molecule has 0 radical (unpaired) electrons. The van der Waals surface area contributed by atoms with Crippen LogP contribution in [0.4, 0.5) is 11.4 Å². The molecule has 1 aliphatic rings. The molecule has 0 saturated carbocycles. The van der Waals surface area contributed by atoms with Crippen LogP contribution in [0.25, 0.3) is 5.57 Å². The van der Waals surface area contributed by atoms with Gasteiger partial charge in [-0.3, -0.25) is 24.6 Å². The van der Waals surface area contributed by atoms with Crippen molar-refractivity contribution in [3.63, 3.8) is 0 Å². The highest BCUT2D eigenvalue weighted by atomic mass is 16.6. The van der Waals surface area contributed by atoms with E-state index in [0.717, 1.165) is 4.90 Å². The highest BCUT2D eigenvalue weighted by molar-refractivity contribution is 6.36. The third-order valence-corrected chi connectivity index (χ3v) is 4.70. The molecule has 1 heterocycles. The monoisotopic (exact) mass is 379 g/mol. The molecule has 0 atom stereocenters. The van der Waals surface area contributed by atoms with Gasteiger partial charge in [-0.25, -0.2) is 0 Å². The number of benzene rings is 2. The number of rotatable bonds is 6. The Hall–Kier alpha value is -3.48. The average Bonchev–Trinajstić information content (AvgIpc) is 2.91. The second kappa shape index (κ2) is 7.64. The normalized spacial score (nSPS) is 14.2. The van der Waals surface area contributed by atoms with Crippen LogP contribution in [0.5, 0.6) is 0 Å². The molecule has 7 nitrogen and oxygen atoms in total. The molecule has 0 spiro atoms. The van der Waals surface area contributed by atoms with Crippen molar-refractivity contribution in [2.24, 2.45) is 0 Å². The number of nitro groups is 1. The number of nitrogens with one attached hydrogen (secondary N) is 1. The van der Waals surface area contributed by atoms with E-state index in [4.69, 9.17) is 0 Å². The van der Waals surface area contributed by atoms with Gasteiger partial charge in [0.2, 0.25) is 0 Å². The number of nitrogens with zero attached hydrogens (tertiary/aromatic N) is 2. The Balaban J connectivity index is 2.02. The number of hydrogen-bond acceptors (Lipinski definition) is 5. The van der Waals surface area contributed by atoms with Gasteiger partial charge in [-0.2, -0.15) is 0 Å². The number of hydrogen-bond donors (Lipinski definition) is 1. The van der Waals surface area contributed by atoms with Gasteiger partial charge in [0, 0.05) is 24.4 Å². The molecule has 1 aliphatic heterocycles. The van der Waals surface area contributed by atoms with E-state index in [-0.39, 0.29) is 23.5 Å². The molecule has 2 amide bonds. The zero-order chi connectivity index (χ0) is 20.4. The Bertz CT molecular complexity index is 960. The van der Waals surface area contributed by atoms with Crippen LogP contribution in [0.2, 0.25) is 0 Å². The van der Waals surface area contributed by atoms with Crippen LogP contribution in [-0.4, -0.2) is 28.2 Å². The molecule has 28 heavy (non-hydrogen) atoms. The number of likely N-dealkylation sites (N-methyl/N-ethyl adjacent to an activating group) is 1. The fraction of sp³-hybridized carbons (Fsp3) is 0.238. The van der Waals surface area contributed by atoms with Crippen molar-refractivity contribution in [1.29, 1.82) is 0 Å². The van der Waals surface area contributed by atoms with Gasteiger partial charge in [-0.05, 0) is 48.2 Å². The minimum atomic E-state index is -0.506. The number of carbonyl (C=O) groups excluding carboxylic acids is 2. The smallest absolute Gasteiger partial charge is 0.278 e. The fourth-order valence-electron chi connectivity index (χ4n) is 3.09. The van der Waals surface area contributed by atoms with E-state index in [1.165, 1.54) is 29.8 Å². The second-order valence-electron chi connectivity index (χ2n) is 6.81. The Kier molecular flexibility index (Phi) is 5.26. The Labute approximate surface area is 162 Å². The zero-order valence-electron chi connectivity index (χ0n) is 15.9. The van der Waals surface area contributed by atoms with Crippen LogP contribution in [0.15, 0.2) is 54.2 Å². The van der Waals surface area contributed by atoms with E-state index >= 15 is 0 Å². The van der Waals surface area contributed by atoms with Crippen molar-refractivity contribution in [2.45, 2.75) is 26.7 Å². The van der Waals surface area contributed by atoms with Gasteiger partial charge in [0.05, 0.1) is 10.5 Å². The van der Waals surface area contributed by atoms with E-state index in [2.05, 4.69) is 19.2 Å². The molecule has 0 bridgehead atoms. The average molecular weight is 379 g/mol. The molecule has 0 aromatic heterocycles. The standard InChI is InChI=1S/C21H21N3O4/c1-4-23-20(25)18(15-7-11-17(12-8-15)24(27)28)19(21(23)26)22-16-9-5-14(6-10-16)13(2)3/h5-13,22H,4H2,1-3H3. The number of amides is 2. The highest BCUT2D eigenvalue weighted by Gasteiger charge is 2.38. The van der Waals surface area contributed by atoms with Crippen LogP contribution >= 0.6 is 0 Å². The maximum absolute atomic E-state index is 12.8. The maximum Gasteiger partial charge on any atom is 0.278 e. The first-order chi connectivity index (χ1) is 13.3. The third kappa shape index (κ3) is 3.51. The van der Waals surface area contributed by atoms with E-state index in [9.17, 15) is 19.7 Å². The van der Waals surface area contributed by atoms with Crippen molar-refractivity contribution in [2.75, 3.05) is 11.9 Å². The first kappa shape index (κ1) is 19.3. The lowest BCUT2D eigenvalue weighted by Crippen LogP contribution is -2.32. The summed E-state index contributed by atoms with van der Waals surface area (Å²) in [6, 6.07) is 13.3. The van der Waals surface area contributed by atoms with E-state index in [0.29, 0.717) is 17.2 Å². The summed E-state index contributed by atoms with van der Waals surface area (Å²) in [5, 5.41) is 14.0. The van der Waals surface area contributed by atoms with E-state index in [1.54, 1.807) is 6.92 Å². The largest absolute Gasteiger partial charge is 0.350 e. The van der Waals surface area contributed by atoms with E-state index in [1.807, 2.05) is 24.3 Å². The molecular formula is C21H21N3O4. The first-order valence-corrected chi connectivity index (χ1v) is 9.05. The summed E-state index contributed by atoms with van der Waals surface area (Å²) >= 11 is 0. The van der Waals surface area contributed by atoms with Crippen LogP contribution in [-0.2, 0) is 9.59 Å². The molecule has 0 saturated heterocycles. The SMILES string of the molecule is CCN1C(=O)C(Nc2ccc(C(C)C)cc2)=C(c2ccc([N+](=O)[O-])cc2)C1=O. The molecule has 144 valence electrons. The summed E-state index contributed by atoms with van der Waals surface area (Å²) in [7, 11) is 0. The Morgan fingerprint density at radius 3 is 2.11 bits per heavy atom. The summed E-state index contributed by atoms with van der Waals surface area (Å²) in [6.07, 6.45) is 0. The van der Waals surface area contributed by atoms with Gasteiger partial charge < -0.3 is 5.32 Å². The molecule has 7 heteroatoms. The lowest BCUT2D eigenvalue weighted by atomic mass is 10.0. The summed E-state index contributed by atoms with van der Waals surface area (Å²) in [5.41, 5.74) is 2.64. The van der Waals surface area contributed by atoms with Crippen LogP contribution in [0.1, 0.15) is 37.8 Å². The van der Waals surface area contributed by atoms with Gasteiger partial charge in [-0.1, -0.05) is 26.0 Å². The Morgan fingerprint density at radius 2 is 1.61 bits per heavy atom. The summed E-state index contributed by atoms with van der Waals surface area (Å²) in [4.78, 5) is 37.1. The molecule has 2 aromatic carbocycles. The van der Waals surface area contributed by atoms with E-state index < -0.39 is 16.7 Å². The number of non-ortho nitro benzene ring substituents is 1. The number of anilines is 1. The molecule has 0 unspecified atom stereocenters. The van der Waals surface area contributed by atoms with Crippen molar-refractivity contribution in [3.8, 4) is 0 Å². The number of carbonyl (C=O) groups is 2. The lowest BCUT2D eigenvalue weighted by Gasteiger charge is -2.12. The molecular weight excluding hydrogens is 358 g/mol. The summed E-state index contributed by atoms with van der Waals surface area (Å²) in [5.74, 6) is -0.439. The quantitative estimate of drug-likeness (QED) is 0.466. The van der Waals surface area contributed by atoms with Crippen molar-refractivity contribution in [1.82, 2.24) is 4.90 Å². The Morgan fingerprint density at radius 1 is 1.00 bits per heavy atom. The summed E-state index contributed by atoms with van der Waals surface area (Å²) < 4.78 is 0. The fourth-order valence-corrected chi connectivity index (χ4v) is 3.09. The minimum Gasteiger partial charge on any atom is -0.350 e. The van der Waals surface area contributed by atoms with Gasteiger partial charge in [0.25, 0.3) is 17.5 Å². The highest BCUT2D eigenvalue weighted by Crippen LogP contribution is 2.31. The van der Waals surface area contributed by atoms with Crippen LogP contribution < -0.4 is 5.32 Å². The van der Waals surface area contributed by atoms with Gasteiger partial charge in [0.15, 0.2) is 0 Å². The first-order valence-electron chi connectivity index (χ1n) is 9.05. The molecule has 2 aromatic rings. The molecule has 0 aliphatic carbocycles. The predicted octanol–water partition coefficient (Wildman–Crippen LogP) is 3.93. The van der Waals surface area contributed by atoms with Gasteiger partial charge in [0.1, 0.15) is 5.70 Å². The predicted molar refractivity (Wildman–Crippen MR) is 107 cm³/mol. The van der Waals surface area contributed by atoms with Crippen molar-refractivity contribution >= 4 is 28.8 Å². The molecule has 0 fully saturated rings. The van der Waals surface area contributed by atoms with Gasteiger partial charge in [-0.15, -0.1) is 0 Å². The summed E-state index contributed by atoms with van der Waals surface area (Å²) in [6.45, 7) is 6.15. The molecule has 1 N–H and O–H groups in total. The zero-order valence-corrected chi connectivity index (χ0v) is 15.9. The minimum absolute atomic E-state index is 0.0766. The van der Waals surface area contributed by atoms with Crippen molar-refractivity contribution in [3.05, 3.63) is 75.5 Å². The number of nitro benzene ring substituents is 1. The lowest BCUT2D eigenvalue weighted by molar-refractivity contribution is -0.384. The third-order valence-electron chi connectivity index (χ3n) is 4.70. The van der Waals surface area contributed by atoms with Gasteiger partial charge >= 0.3 is 0 Å². The second-order valence-corrected chi connectivity index (χ2v) is 6.81. The number of imide groups is 1.